The number of amides is 1. The average molecular weight is 280 g/mol. The first kappa shape index (κ1) is 16.4. The van der Waals surface area contributed by atoms with E-state index in [1.54, 1.807) is 14.0 Å². The average Bonchev–Trinajstić information content (AvgIpc) is 2.34. The number of nitrogens with one attached hydrogen (secondary N) is 3. The molecule has 6 nitrogen and oxygen atoms in total. The van der Waals surface area contributed by atoms with Gasteiger partial charge in [0.15, 0.2) is 0 Å². The maximum atomic E-state index is 12.0. The van der Waals surface area contributed by atoms with Crippen LogP contribution in [0.1, 0.15) is 43.9 Å². The number of rotatable bonds is 5. The molecular weight excluding hydrogens is 256 g/mol. The highest BCUT2D eigenvalue weighted by Crippen LogP contribution is 2.17. The van der Waals surface area contributed by atoms with E-state index in [4.69, 9.17) is 0 Å². The van der Waals surface area contributed by atoms with Gasteiger partial charge in [-0.15, -0.1) is 0 Å². The van der Waals surface area contributed by atoms with Crippen LogP contribution in [-0.4, -0.2) is 29.5 Å². The van der Waals surface area contributed by atoms with Gasteiger partial charge in [0.25, 0.3) is 5.56 Å². The lowest BCUT2D eigenvalue weighted by Gasteiger charge is -2.25. The van der Waals surface area contributed by atoms with Crippen molar-refractivity contribution in [3.8, 4) is 0 Å². The third kappa shape index (κ3) is 3.66. The molecule has 0 aliphatic heterocycles. The molecule has 0 aromatic carbocycles. The molecule has 1 rings (SSSR count). The normalized spacial score (nSPS) is 13.1. The minimum atomic E-state index is -0.540. The van der Waals surface area contributed by atoms with Gasteiger partial charge >= 0.3 is 0 Å². The number of H-pyrrole nitrogens is 1. The molecule has 20 heavy (non-hydrogen) atoms. The zero-order chi connectivity index (χ0) is 15.5. The summed E-state index contributed by atoms with van der Waals surface area (Å²) in [6.07, 6.45) is 0. The van der Waals surface area contributed by atoms with Crippen molar-refractivity contribution in [2.24, 2.45) is 5.41 Å². The molecule has 1 amide bonds. The molecule has 1 heterocycles. The third-order valence-corrected chi connectivity index (χ3v) is 3.39. The second-order valence-corrected chi connectivity index (χ2v) is 5.72. The molecule has 1 aromatic rings. The molecule has 0 aliphatic carbocycles. The summed E-state index contributed by atoms with van der Waals surface area (Å²) in [6, 6.07) is -0.171. The molecule has 0 saturated carbocycles. The Labute approximate surface area is 119 Å². The Balaban J connectivity index is 2.86. The molecule has 3 N–H and O–H groups in total. The Bertz CT molecular complexity index is 549. The molecule has 0 spiro atoms. The molecule has 1 unspecified atom stereocenters. The maximum Gasteiger partial charge on any atom is 0.255 e. The Morgan fingerprint density at radius 2 is 2.00 bits per heavy atom. The van der Waals surface area contributed by atoms with Crippen LogP contribution >= 0.6 is 0 Å². The standard InChI is InChI=1S/C14H24N4O2/c1-8(16-7-14(4,5)13(20)15-6)11-9(2)17-10(3)18-12(11)19/h8,16H,7H2,1-6H3,(H,15,20)(H,17,18,19). The number of aromatic amines is 1. The van der Waals surface area contributed by atoms with E-state index in [9.17, 15) is 9.59 Å². The minimum Gasteiger partial charge on any atom is -0.359 e. The van der Waals surface area contributed by atoms with Crippen LogP contribution in [0.4, 0.5) is 0 Å². The summed E-state index contributed by atoms with van der Waals surface area (Å²) in [5, 5.41) is 5.87. The van der Waals surface area contributed by atoms with Crippen molar-refractivity contribution >= 4 is 5.91 Å². The topological polar surface area (TPSA) is 86.9 Å². The number of hydrogen-bond acceptors (Lipinski definition) is 4. The molecular formula is C14H24N4O2. The van der Waals surface area contributed by atoms with E-state index >= 15 is 0 Å². The Kier molecular flexibility index (Phi) is 5.05. The Hall–Kier alpha value is -1.69. The number of aromatic nitrogens is 2. The van der Waals surface area contributed by atoms with Crippen LogP contribution < -0.4 is 16.2 Å². The van der Waals surface area contributed by atoms with Gasteiger partial charge in [-0.25, -0.2) is 4.98 Å². The largest absolute Gasteiger partial charge is 0.359 e. The van der Waals surface area contributed by atoms with Crippen molar-refractivity contribution in [1.29, 1.82) is 0 Å². The van der Waals surface area contributed by atoms with Crippen molar-refractivity contribution in [1.82, 2.24) is 20.6 Å². The van der Waals surface area contributed by atoms with Crippen LogP contribution in [0.3, 0.4) is 0 Å². The van der Waals surface area contributed by atoms with Gasteiger partial charge in [-0.1, -0.05) is 0 Å². The Morgan fingerprint density at radius 3 is 2.50 bits per heavy atom. The number of hydrogen-bond donors (Lipinski definition) is 3. The van der Waals surface area contributed by atoms with Crippen molar-refractivity contribution in [3.05, 3.63) is 27.4 Å². The first-order valence-electron chi connectivity index (χ1n) is 6.72. The first-order chi connectivity index (χ1) is 9.19. The summed E-state index contributed by atoms with van der Waals surface area (Å²) in [4.78, 5) is 30.7. The van der Waals surface area contributed by atoms with Gasteiger partial charge in [0.2, 0.25) is 5.91 Å². The van der Waals surface area contributed by atoms with Crippen molar-refractivity contribution in [2.75, 3.05) is 13.6 Å². The van der Waals surface area contributed by atoms with Gasteiger partial charge < -0.3 is 15.6 Å². The summed E-state index contributed by atoms with van der Waals surface area (Å²) in [7, 11) is 1.62. The summed E-state index contributed by atoms with van der Waals surface area (Å²) in [6.45, 7) is 9.66. The fraction of sp³-hybridized carbons (Fsp3) is 0.643. The van der Waals surface area contributed by atoms with Crippen molar-refractivity contribution in [3.63, 3.8) is 0 Å². The zero-order valence-electron chi connectivity index (χ0n) is 13.0. The third-order valence-electron chi connectivity index (χ3n) is 3.39. The number of carbonyl (C=O) groups is 1. The predicted molar refractivity (Wildman–Crippen MR) is 78.6 cm³/mol. The van der Waals surface area contributed by atoms with Crippen LogP contribution in [0.5, 0.6) is 0 Å². The van der Waals surface area contributed by atoms with E-state index in [1.807, 2.05) is 27.7 Å². The van der Waals surface area contributed by atoms with Crippen LogP contribution in [0.15, 0.2) is 4.79 Å². The van der Waals surface area contributed by atoms with Gasteiger partial charge in [-0.05, 0) is 34.6 Å². The highest BCUT2D eigenvalue weighted by molar-refractivity contribution is 5.81. The number of carbonyl (C=O) groups excluding carboxylic acids is 1. The van der Waals surface area contributed by atoms with E-state index in [0.29, 0.717) is 23.6 Å². The second kappa shape index (κ2) is 6.17. The summed E-state index contributed by atoms with van der Waals surface area (Å²) >= 11 is 0. The molecule has 1 atom stereocenters. The minimum absolute atomic E-state index is 0.0372. The second-order valence-electron chi connectivity index (χ2n) is 5.72. The lowest BCUT2D eigenvalue weighted by Crippen LogP contribution is -2.43. The summed E-state index contributed by atoms with van der Waals surface area (Å²) in [5.41, 5.74) is 0.655. The number of nitrogens with zero attached hydrogens (tertiary/aromatic N) is 1. The van der Waals surface area contributed by atoms with E-state index in [-0.39, 0.29) is 17.5 Å². The van der Waals surface area contributed by atoms with Crippen LogP contribution in [0.25, 0.3) is 0 Å². The fourth-order valence-corrected chi connectivity index (χ4v) is 2.17. The lowest BCUT2D eigenvalue weighted by molar-refractivity contribution is -0.128. The van der Waals surface area contributed by atoms with Gasteiger partial charge in [-0.2, -0.15) is 0 Å². The fourth-order valence-electron chi connectivity index (χ4n) is 2.17. The van der Waals surface area contributed by atoms with Gasteiger partial charge in [0, 0.05) is 25.3 Å². The highest BCUT2D eigenvalue weighted by Gasteiger charge is 2.27. The maximum absolute atomic E-state index is 12.0. The predicted octanol–water partition coefficient (Wildman–Crippen LogP) is 0.810. The first-order valence-corrected chi connectivity index (χ1v) is 6.72. The molecule has 0 fully saturated rings. The van der Waals surface area contributed by atoms with E-state index < -0.39 is 5.41 Å². The Morgan fingerprint density at radius 1 is 1.40 bits per heavy atom. The monoisotopic (exact) mass is 280 g/mol. The lowest BCUT2D eigenvalue weighted by atomic mass is 9.91. The van der Waals surface area contributed by atoms with Crippen LogP contribution in [-0.2, 0) is 4.79 Å². The summed E-state index contributed by atoms with van der Waals surface area (Å²) in [5.74, 6) is 0.569. The molecule has 112 valence electrons. The zero-order valence-corrected chi connectivity index (χ0v) is 13.0. The molecule has 1 aromatic heterocycles. The van der Waals surface area contributed by atoms with Gasteiger partial charge in [0.1, 0.15) is 5.82 Å². The number of aryl methyl sites for hydroxylation is 2. The smallest absolute Gasteiger partial charge is 0.255 e. The van der Waals surface area contributed by atoms with Gasteiger partial charge in [-0.3, -0.25) is 9.59 Å². The van der Waals surface area contributed by atoms with E-state index in [2.05, 4.69) is 20.6 Å². The van der Waals surface area contributed by atoms with Crippen LogP contribution in [0.2, 0.25) is 0 Å². The van der Waals surface area contributed by atoms with Crippen molar-refractivity contribution in [2.45, 2.75) is 40.7 Å². The summed E-state index contributed by atoms with van der Waals surface area (Å²) < 4.78 is 0. The van der Waals surface area contributed by atoms with E-state index in [0.717, 1.165) is 0 Å². The van der Waals surface area contributed by atoms with E-state index in [1.165, 1.54) is 0 Å². The molecule has 0 radical (unpaired) electrons. The quantitative estimate of drug-likeness (QED) is 0.745. The highest BCUT2D eigenvalue weighted by atomic mass is 16.2. The van der Waals surface area contributed by atoms with Crippen LogP contribution in [0, 0.1) is 19.3 Å². The SMILES string of the molecule is CNC(=O)C(C)(C)CNC(C)c1c(C)nc(C)[nH]c1=O. The molecule has 0 aliphatic rings. The van der Waals surface area contributed by atoms with Crippen molar-refractivity contribution < 1.29 is 4.79 Å². The molecule has 6 heteroatoms. The molecule has 0 saturated heterocycles. The molecule has 0 bridgehead atoms. The van der Waals surface area contributed by atoms with Gasteiger partial charge in [0.05, 0.1) is 11.0 Å².